The van der Waals surface area contributed by atoms with E-state index in [9.17, 15) is 18.0 Å². The predicted octanol–water partition coefficient (Wildman–Crippen LogP) is 3.60. The normalized spacial score (nSPS) is 11.4. The second kappa shape index (κ2) is 11.4. The van der Waals surface area contributed by atoms with Crippen LogP contribution in [-0.4, -0.2) is 44.5 Å². The molecule has 0 heterocycles. The molecule has 2 rings (SSSR count). The zero-order chi connectivity index (χ0) is 23.9. The summed E-state index contributed by atoms with van der Waals surface area (Å²) in [5.74, 6) is 4.11. The van der Waals surface area contributed by atoms with Gasteiger partial charge in [-0.1, -0.05) is 43.1 Å². The zero-order valence-electron chi connectivity index (χ0n) is 18.3. The Balaban J connectivity index is 2.52. The van der Waals surface area contributed by atoms with Crippen molar-refractivity contribution in [3.8, 4) is 0 Å². The number of imide groups is 1. The van der Waals surface area contributed by atoms with Gasteiger partial charge in [-0.2, -0.15) is 0 Å². The number of benzene rings is 2. The summed E-state index contributed by atoms with van der Waals surface area (Å²) >= 11 is 6.10. The lowest BCUT2D eigenvalue weighted by Crippen LogP contribution is -2.45. The molecule has 0 unspecified atom stereocenters. The summed E-state index contributed by atoms with van der Waals surface area (Å²) in [7, 11) is -3.99. The van der Waals surface area contributed by atoms with Gasteiger partial charge in [0, 0.05) is 11.6 Å². The monoisotopic (exact) mass is 481 g/mol. The average Bonchev–Trinajstić information content (AvgIpc) is 2.77. The Hall–Kier alpha value is -2.46. The maximum absolute atomic E-state index is 13.4. The molecule has 2 N–H and O–H groups in total. The summed E-state index contributed by atoms with van der Waals surface area (Å²) in [6, 6.07) is 12.1. The number of ether oxygens (including phenoxy) is 1. The summed E-state index contributed by atoms with van der Waals surface area (Å²) in [4.78, 5) is 25.5. The van der Waals surface area contributed by atoms with Gasteiger partial charge in [0.1, 0.15) is 6.61 Å². The smallest absolute Gasteiger partial charge is 0.277 e. The molecule has 0 spiro atoms. The Labute approximate surface area is 193 Å². The molecular formula is C22H28ClN3O5S. The van der Waals surface area contributed by atoms with E-state index in [4.69, 9.17) is 22.2 Å². The van der Waals surface area contributed by atoms with Crippen LogP contribution in [0.3, 0.4) is 0 Å². The Morgan fingerprint density at radius 1 is 1.12 bits per heavy atom. The van der Waals surface area contributed by atoms with Gasteiger partial charge in [-0.25, -0.2) is 19.3 Å². The number of amides is 2. The van der Waals surface area contributed by atoms with Crippen molar-refractivity contribution in [2.24, 2.45) is 5.84 Å². The largest absolute Gasteiger partial charge is 0.369 e. The summed E-state index contributed by atoms with van der Waals surface area (Å²) < 4.78 is 33.2. The van der Waals surface area contributed by atoms with Gasteiger partial charge in [-0.3, -0.25) is 13.9 Å². The molecule has 0 aliphatic heterocycles. The van der Waals surface area contributed by atoms with Crippen molar-refractivity contribution in [2.75, 3.05) is 17.5 Å². The van der Waals surface area contributed by atoms with Crippen LogP contribution < -0.4 is 10.1 Å². The van der Waals surface area contributed by atoms with Crippen molar-refractivity contribution >= 4 is 39.1 Å². The van der Waals surface area contributed by atoms with Gasteiger partial charge in [-0.05, 0) is 50.6 Å². The van der Waals surface area contributed by atoms with Crippen LogP contribution >= 0.6 is 11.6 Å². The Morgan fingerprint density at radius 2 is 1.78 bits per heavy atom. The quantitative estimate of drug-likeness (QED) is 0.315. The lowest BCUT2D eigenvalue weighted by molar-refractivity contribution is -0.135. The van der Waals surface area contributed by atoms with Gasteiger partial charge in [-0.15, -0.1) is 0 Å². The highest BCUT2D eigenvalue weighted by Gasteiger charge is 2.30. The van der Waals surface area contributed by atoms with E-state index in [2.05, 4.69) is 0 Å². The number of carbonyl (C=O) groups excluding carboxylic acids is 2. The first-order valence-electron chi connectivity index (χ1n) is 10.2. The fourth-order valence-electron chi connectivity index (χ4n) is 2.84. The highest BCUT2D eigenvalue weighted by molar-refractivity contribution is 7.92. The Bertz CT molecular complexity index is 1040. The molecule has 0 fully saturated rings. The van der Waals surface area contributed by atoms with Gasteiger partial charge in [0.25, 0.3) is 21.8 Å². The van der Waals surface area contributed by atoms with Crippen LogP contribution in [0.1, 0.15) is 44.0 Å². The van der Waals surface area contributed by atoms with Crippen molar-refractivity contribution in [1.29, 1.82) is 0 Å². The first-order chi connectivity index (χ1) is 15.1. The second-order valence-electron chi connectivity index (χ2n) is 7.33. The standard InChI is InChI=1S/C22H28ClN3O5S/c1-4-5-13-25(32(29,30)18-9-7-6-8-10-18)20-12-11-17(23)14-19(20)22(28)26(24)21(27)15-31-16(2)3/h6-12,14,16H,4-5,13,15,24H2,1-3H3. The minimum absolute atomic E-state index is 0.0791. The van der Waals surface area contributed by atoms with E-state index in [1.165, 1.54) is 30.3 Å². The van der Waals surface area contributed by atoms with Gasteiger partial charge in [0.15, 0.2) is 0 Å². The molecule has 8 nitrogen and oxygen atoms in total. The van der Waals surface area contributed by atoms with E-state index in [1.54, 1.807) is 32.0 Å². The number of anilines is 1. The van der Waals surface area contributed by atoms with Gasteiger partial charge < -0.3 is 4.74 Å². The van der Waals surface area contributed by atoms with E-state index in [1.807, 2.05) is 6.92 Å². The number of sulfonamides is 1. The Kier molecular flexibility index (Phi) is 9.21. The molecule has 0 saturated heterocycles. The number of hydrogen-bond acceptors (Lipinski definition) is 6. The molecule has 0 saturated carbocycles. The summed E-state index contributed by atoms with van der Waals surface area (Å²) in [5.41, 5.74) is -0.0155. The lowest BCUT2D eigenvalue weighted by atomic mass is 10.1. The Morgan fingerprint density at radius 3 is 2.38 bits per heavy atom. The highest BCUT2D eigenvalue weighted by Crippen LogP contribution is 2.30. The van der Waals surface area contributed by atoms with Crippen molar-refractivity contribution in [2.45, 2.75) is 44.6 Å². The average molecular weight is 482 g/mol. The van der Waals surface area contributed by atoms with E-state index in [0.29, 0.717) is 11.4 Å². The third kappa shape index (κ3) is 6.29. The lowest BCUT2D eigenvalue weighted by Gasteiger charge is -2.27. The molecule has 0 bridgehead atoms. The zero-order valence-corrected chi connectivity index (χ0v) is 19.9. The summed E-state index contributed by atoms with van der Waals surface area (Å²) in [6.07, 6.45) is 1.05. The van der Waals surface area contributed by atoms with Crippen LogP contribution in [0.25, 0.3) is 0 Å². The van der Waals surface area contributed by atoms with Gasteiger partial charge in [0.2, 0.25) is 0 Å². The van der Waals surface area contributed by atoms with Crippen molar-refractivity contribution in [3.63, 3.8) is 0 Å². The number of nitrogens with zero attached hydrogens (tertiary/aromatic N) is 2. The number of rotatable bonds is 10. The van der Waals surface area contributed by atoms with Crippen molar-refractivity contribution in [1.82, 2.24) is 5.01 Å². The molecule has 0 radical (unpaired) electrons. The fraction of sp³-hybridized carbons (Fsp3) is 0.364. The number of unbranched alkanes of at least 4 members (excludes halogenated alkanes) is 1. The predicted molar refractivity (Wildman–Crippen MR) is 124 cm³/mol. The van der Waals surface area contributed by atoms with Crippen molar-refractivity contribution in [3.05, 3.63) is 59.1 Å². The van der Waals surface area contributed by atoms with E-state index in [-0.39, 0.29) is 33.8 Å². The number of hydrogen-bond donors (Lipinski definition) is 1. The van der Waals surface area contributed by atoms with Crippen LogP contribution in [0.2, 0.25) is 5.02 Å². The van der Waals surface area contributed by atoms with Crippen LogP contribution in [0.15, 0.2) is 53.4 Å². The molecule has 0 aromatic heterocycles. The van der Waals surface area contributed by atoms with Crippen LogP contribution in [0.5, 0.6) is 0 Å². The summed E-state index contributed by atoms with van der Waals surface area (Å²) in [5, 5.41) is 0.619. The minimum Gasteiger partial charge on any atom is -0.369 e. The molecule has 2 amide bonds. The van der Waals surface area contributed by atoms with Crippen LogP contribution in [0, 0.1) is 0 Å². The van der Waals surface area contributed by atoms with Crippen LogP contribution in [0.4, 0.5) is 5.69 Å². The first kappa shape index (κ1) is 25.8. The number of hydrazine groups is 1. The SMILES string of the molecule is CCCCN(c1ccc(Cl)cc1C(=O)N(N)C(=O)COC(C)C)S(=O)(=O)c1ccccc1. The minimum atomic E-state index is -3.99. The maximum Gasteiger partial charge on any atom is 0.277 e. The molecule has 2 aromatic rings. The van der Waals surface area contributed by atoms with E-state index in [0.717, 1.165) is 10.7 Å². The third-order valence-corrected chi connectivity index (χ3v) is 6.59. The summed E-state index contributed by atoms with van der Waals surface area (Å²) in [6.45, 7) is 5.15. The third-order valence-electron chi connectivity index (χ3n) is 4.53. The number of halogens is 1. The van der Waals surface area contributed by atoms with Crippen LogP contribution in [-0.2, 0) is 19.6 Å². The highest BCUT2D eigenvalue weighted by atomic mass is 35.5. The van der Waals surface area contributed by atoms with Gasteiger partial charge in [0.05, 0.1) is 22.3 Å². The molecular weight excluding hydrogens is 454 g/mol. The van der Waals surface area contributed by atoms with Gasteiger partial charge >= 0.3 is 0 Å². The molecule has 10 heteroatoms. The fourth-order valence-corrected chi connectivity index (χ4v) is 4.55. The van der Waals surface area contributed by atoms with E-state index < -0.39 is 28.4 Å². The molecule has 0 aliphatic rings. The van der Waals surface area contributed by atoms with Crippen molar-refractivity contribution < 1.29 is 22.7 Å². The molecule has 0 aliphatic carbocycles. The first-order valence-corrected chi connectivity index (χ1v) is 12.0. The van der Waals surface area contributed by atoms with E-state index >= 15 is 0 Å². The maximum atomic E-state index is 13.4. The molecule has 32 heavy (non-hydrogen) atoms. The number of nitrogens with two attached hydrogens (primary N) is 1. The molecule has 174 valence electrons. The second-order valence-corrected chi connectivity index (χ2v) is 9.63. The molecule has 0 atom stereocenters. The number of carbonyl (C=O) groups is 2. The topological polar surface area (TPSA) is 110 Å². The molecule has 2 aromatic carbocycles.